The van der Waals surface area contributed by atoms with E-state index in [1.807, 2.05) is 0 Å². The first-order valence-electron chi connectivity index (χ1n) is 7.21. The van der Waals surface area contributed by atoms with Gasteiger partial charge in [-0.3, -0.25) is 5.10 Å². The topological polar surface area (TPSA) is 76.5 Å². The molecule has 0 radical (unpaired) electrons. The van der Waals surface area contributed by atoms with Crippen molar-refractivity contribution in [2.75, 3.05) is 19.5 Å². The Labute approximate surface area is 136 Å². The third-order valence-electron chi connectivity index (χ3n) is 3.70. The first-order valence-corrected chi connectivity index (χ1v) is 7.21. The third-order valence-corrected chi connectivity index (χ3v) is 3.70. The number of rotatable bonds is 4. The van der Waals surface area contributed by atoms with E-state index in [2.05, 4.69) is 20.4 Å². The van der Waals surface area contributed by atoms with Gasteiger partial charge in [0.15, 0.2) is 11.5 Å². The van der Waals surface area contributed by atoms with Gasteiger partial charge in [-0.2, -0.15) is 4.98 Å². The number of hydrogen-bond donors (Lipinski definition) is 2. The number of nitrogens with zero attached hydrogens (tertiary/aromatic N) is 3. The standard InChI is InChI=1S/C16H14FN5O2/c1-23-13-7-11-12(8-14(13)24-2)22-16(19-11)20-15(21-22)18-10-6-4-3-5-9(10)17/h3-8H,1-2H3,(H2,18,19,20,21). The van der Waals surface area contributed by atoms with Gasteiger partial charge in [-0.05, 0) is 12.1 Å². The first-order chi connectivity index (χ1) is 11.7. The van der Waals surface area contributed by atoms with Gasteiger partial charge in [-0.25, -0.2) is 13.9 Å². The number of benzene rings is 2. The molecule has 8 heteroatoms. The molecule has 122 valence electrons. The molecule has 2 aromatic heterocycles. The lowest BCUT2D eigenvalue weighted by Crippen LogP contribution is -1.96. The van der Waals surface area contributed by atoms with E-state index in [1.165, 1.54) is 6.07 Å². The summed E-state index contributed by atoms with van der Waals surface area (Å²) in [7, 11) is 3.14. The lowest BCUT2D eigenvalue weighted by molar-refractivity contribution is 0.355. The molecule has 0 fully saturated rings. The number of hydrogen-bond acceptors (Lipinski definition) is 5. The van der Waals surface area contributed by atoms with E-state index >= 15 is 0 Å². The molecular weight excluding hydrogens is 313 g/mol. The molecule has 0 spiro atoms. The van der Waals surface area contributed by atoms with Crippen LogP contribution in [0.3, 0.4) is 0 Å². The van der Waals surface area contributed by atoms with Crippen LogP contribution in [0.4, 0.5) is 16.0 Å². The van der Waals surface area contributed by atoms with E-state index in [0.717, 1.165) is 5.52 Å². The summed E-state index contributed by atoms with van der Waals surface area (Å²) in [4.78, 5) is 8.77. The Morgan fingerprint density at radius 2 is 1.83 bits per heavy atom. The number of aromatic amines is 1. The molecule has 0 amide bonds. The molecule has 7 nitrogen and oxygen atoms in total. The second-order valence-electron chi connectivity index (χ2n) is 5.12. The molecule has 0 saturated carbocycles. The average Bonchev–Trinajstić information content (AvgIpc) is 3.12. The Morgan fingerprint density at radius 1 is 1.08 bits per heavy atom. The number of methoxy groups -OCH3 is 2. The second-order valence-corrected chi connectivity index (χ2v) is 5.12. The highest BCUT2D eigenvalue weighted by Gasteiger charge is 2.14. The Morgan fingerprint density at radius 3 is 2.58 bits per heavy atom. The van der Waals surface area contributed by atoms with E-state index in [1.54, 1.807) is 49.1 Å². The fourth-order valence-electron chi connectivity index (χ4n) is 2.55. The number of imidazole rings is 1. The predicted molar refractivity (Wildman–Crippen MR) is 87.6 cm³/mol. The molecule has 0 aliphatic heterocycles. The van der Waals surface area contributed by atoms with Crippen LogP contribution >= 0.6 is 0 Å². The molecule has 0 aliphatic rings. The van der Waals surface area contributed by atoms with E-state index in [-0.39, 0.29) is 5.82 Å². The van der Waals surface area contributed by atoms with Crippen LogP contribution in [0.5, 0.6) is 11.5 Å². The van der Waals surface area contributed by atoms with Crippen LogP contribution in [0.15, 0.2) is 36.4 Å². The molecule has 0 saturated heterocycles. The minimum Gasteiger partial charge on any atom is -0.493 e. The highest BCUT2D eigenvalue weighted by molar-refractivity contribution is 5.83. The van der Waals surface area contributed by atoms with Crippen molar-refractivity contribution in [3.63, 3.8) is 0 Å². The Hall–Kier alpha value is -3.29. The monoisotopic (exact) mass is 327 g/mol. The minimum absolute atomic E-state index is 0.332. The maximum Gasteiger partial charge on any atom is 0.253 e. The maximum atomic E-state index is 13.7. The van der Waals surface area contributed by atoms with E-state index in [4.69, 9.17) is 9.47 Å². The van der Waals surface area contributed by atoms with Crippen molar-refractivity contribution >= 4 is 28.4 Å². The molecular formula is C16H14FN5O2. The molecule has 4 rings (SSSR count). The predicted octanol–water partition coefficient (Wildman–Crippen LogP) is 3.11. The van der Waals surface area contributed by atoms with E-state index in [9.17, 15) is 4.39 Å². The zero-order valence-corrected chi connectivity index (χ0v) is 13.0. The van der Waals surface area contributed by atoms with Crippen LogP contribution in [0.25, 0.3) is 16.8 Å². The summed E-state index contributed by atoms with van der Waals surface area (Å²) in [6, 6.07) is 9.96. The number of para-hydroxylation sites is 1. The van der Waals surface area contributed by atoms with Crippen molar-refractivity contribution in [3.05, 3.63) is 42.2 Å². The van der Waals surface area contributed by atoms with Crippen molar-refractivity contribution in [2.45, 2.75) is 0 Å². The summed E-state index contributed by atoms with van der Waals surface area (Å²) in [5.41, 5.74) is 1.82. The molecule has 0 unspecified atom stereocenters. The molecule has 0 bridgehead atoms. The van der Waals surface area contributed by atoms with Crippen molar-refractivity contribution < 1.29 is 13.9 Å². The number of H-pyrrole nitrogens is 1. The SMILES string of the molecule is COc1cc2nc3nc(Nc4ccccc4F)[nH]n3c2cc1OC. The van der Waals surface area contributed by atoms with E-state index in [0.29, 0.717) is 34.4 Å². The van der Waals surface area contributed by atoms with Gasteiger partial charge in [-0.15, -0.1) is 0 Å². The smallest absolute Gasteiger partial charge is 0.253 e. The Balaban J connectivity index is 1.80. The van der Waals surface area contributed by atoms with Crippen LogP contribution < -0.4 is 14.8 Å². The molecule has 4 aromatic rings. The molecule has 2 heterocycles. The summed E-state index contributed by atoms with van der Waals surface area (Å²) in [5.74, 6) is 1.67. The van der Waals surface area contributed by atoms with Crippen molar-refractivity contribution in [2.24, 2.45) is 0 Å². The van der Waals surface area contributed by atoms with Crippen LogP contribution in [-0.2, 0) is 0 Å². The van der Waals surface area contributed by atoms with Gasteiger partial charge in [0.05, 0.1) is 30.9 Å². The second kappa shape index (κ2) is 5.41. The van der Waals surface area contributed by atoms with Crippen LogP contribution in [0.2, 0.25) is 0 Å². The molecule has 0 aliphatic carbocycles. The van der Waals surface area contributed by atoms with Gasteiger partial charge in [0, 0.05) is 12.1 Å². The lowest BCUT2D eigenvalue weighted by Gasteiger charge is -2.06. The Bertz CT molecular complexity index is 1040. The lowest BCUT2D eigenvalue weighted by atomic mass is 10.3. The van der Waals surface area contributed by atoms with Crippen molar-refractivity contribution in [3.8, 4) is 11.5 Å². The number of anilines is 2. The fraction of sp³-hybridized carbons (Fsp3) is 0.125. The normalized spacial score (nSPS) is 11.1. The zero-order valence-electron chi connectivity index (χ0n) is 13.0. The highest BCUT2D eigenvalue weighted by atomic mass is 19.1. The largest absolute Gasteiger partial charge is 0.493 e. The fourth-order valence-corrected chi connectivity index (χ4v) is 2.55. The minimum atomic E-state index is -0.359. The van der Waals surface area contributed by atoms with Gasteiger partial charge in [0.25, 0.3) is 5.78 Å². The summed E-state index contributed by atoms with van der Waals surface area (Å²) in [6.07, 6.45) is 0. The summed E-state index contributed by atoms with van der Waals surface area (Å²) >= 11 is 0. The van der Waals surface area contributed by atoms with Crippen LogP contribution in [0, 0.1) is 5.82 Å². The average molecular weight is 327 g/mol. The summed E-state index contributed by atoms with van der Waals surface area (Å²) in [5, 5.41) is 5.96. The summed E-state index contributed by atoms with van der Waals surface area (Å²) in [6.45, 7) is 0. The Kier molecular flexibility index (Phi) is 3.23. The number of aromatic nitrogens is 4. The first kappa shape index (κ1) is 14.3. The molecule has 2 aromatic carbocycles. The number of halogens is 1. The third kappa shape index (κ3) is 2.19. The quantitative estimate of drug-likeness (QED) is 0.602. The van der Waals surface area contributed by atoms with Crippen molar-refractivity contribution in [1.29, 1.82) is 0 Å². The summed E-state index contributed by atoms with van der Waals surface area (Å²) < 4.78 is 26.0. The highest BCUT2D eigenvalue weighted by Crippen LogP contribution is 2.32. The molecule has 2 N–H and O–H groups in total. The van der Waals surface area contributed by atoms with Crippen LogP contribution in [-0.4, -0.2) is 33.8 Å². The molecule has 24 heavy (non-hydrogen) atoms. The van der Waals surface area contributed by atoms with Crippen molar-refractivity contribution in [1.82, 2.24) is 19.6 Å². The number of nitrogens with one attached hydrogen (secondary N) is 2. The maximum absolute atomic E-state index is 13.7. The van der Waals surface area contributed by atoms with Gasteiger partial charge >= 0.3 is 0 Å². The number of ether oxygens (including phenoxy) is 2. The molecule has 0 atom stereocenters. The van der Waals surface area contributed by atoms with Gasteiger partial charge in [0.1, 0.15) is 5.82 Å². The zero-order chi connectivity index (χ0) is 16.7. The van der Waals surface area contributed by atoms with Gasteiger partial charge in [-0.1, -0.05) is 12.1 Å². The van der Waals surface area contributed by atoms with Gasteiger partial charge in [0.2, 0.25) is 5.95 Å². The number of fused-ring (bicyclic) bond motifs is 3. The van der Waals surface area contributed by atoms with Crippen LogP contribution in [0.1, 0.15) is 0 Å². The van der Waals surface area contributed by atoms with Gasteiger partial charge < -0.3 is 14.8 Å². The van der Waals surface area contributed by atoms with E-state index < -0.39 is 0 Å².